The van der Waals surface area contributed by atoms with Gasteiger partial charge in [0.2, 0.25) is 0 Å². The molecule has 0 bridgehead atoms. The van der Waals surface area contributed by atoms with E-state index in [1.54, 1.807) is 0 Å². The maximum absolute atomic E-state index is 5.79. The molecule has 2 fully saturated rings. The van der Waals surface area contributed by atoms with Gasteiger partial charge in [0, 0.05) is 50.1 Å². The van der Waals surface area contributed by atoms with Crippen LogP contribution in [0, 0.1) is 0 Å². The fourth-order valence-electron chi connectivity index (χ4n) is 4.32. The summed E-state index contributed by atoms with van der Waals surface area (Å²) in [5.41, 5.74) is 4.49. The predicted octanol–water partition coefficient (Wildman–Crippen LogP) is 3.43. The van der Waals surface area contributed by atoms with E-state index >= 15 is 0 Å². The minimum Gasteiger partial charge on any atom is -0.378 e. The van der Waals surface area contributed by atoms with Crippen molar-refractivity contribution in [2.45, 2.75) is 12.1 Å². The summed E-state index contributed by atoms with van der Waals surface area (Å²) in [7, 11) is 2.04. The van der Waals surface area contributed by atoms with Crippen LogP contribution in [0.2, 0.25) is 0 Å². The Morgan fingerprint density at radius 1 is 1.03 bits per heavy atom. The molecule has 0 aliphatic carbocycles. The first-order chi connectivity index (χ1) is 14.7. The molecule has 5 rings (SSSR count). The first-order valence-corrected chi connectivity index (χ1v) is 10.7. The van der Waals surface area contributed by atoms with Crippen molar-refractivity contribution in [3.63, 3.8) is 0 Å². The van der Waals surface area contributed by atoms with E-state index in [1.165, 1.54) is 11.3 Å². The van der Waals surface area contributed by atoms with Crippen molar-refractivity contribution in [3.05, 3.63) is 78.4 Å². The molecule has 2 saturated heterocycles. The Morgan fingerprint density at radius 3 is 2.47 bits per heavy atom. The van der Waals surface area contributed by atoms with Crippen LogP contribution in [-0.4, -0.2) is 41.0 Å². The largest absolute Gasteiger partial charge is 0.378 e. The van der Waals surface area contributed by atoms with Crippen LogP contribution in [0.1, 0.15) is 23.3 Å². The number of hydrogen-bond donors (Lipinski definition) is 1. The molecule has 4 heterocycles. The number of nitrogens with one attached hydrogen (secondary N) is 1. The molecule has 3 aromatic rings. The summed E-state index contributed by atoms with van der Waals surface area (Å²) in [6.07, 6.45) is 6.07. The Balaban J connectivity index is 1.50. The summed E-state index contributed by atoms with van der Waals surface area (Å²) < 4.78 is 7.55. The number of aromatic nitrogens is 2. The quantitative estimate of drug-likeness (QED) is 0.654. The zero-order valence-corrected chi connectivity index (χ0v) is 17.8. The van der Waals surface area contributed by atoms with Crippen LogP contribution in [0.3, 0.4) is 0 Å². The molecule has 0 spiro atoms. The zero-order chi connectivity index (χ0) is 20.5. The third-order valence-electron chi connectivity index (χ3n) is 5.80. The molecule has 6 nitrogen and oxygen atoms in total. The lowest BCUT2D eigenvalue weighted by Crippen LogP contribution is -2.36. The van der Waals surface area contributed by atoms with E-state index in [0.29, 0.717) is 0 Å². The summed E-state index contributed by atoms with van der Waals surface area (Å²) in [6, 6.07) is 16.9. The van der Waals surface area contributed by atoms with Gasteiger partial charge < -0.3 is 24.4 Å². The van der Waals surface area contributed by atoms with Gasteiger partial charge in [0.15, 0.2) is 5.11 Å². The van der Waals surface area contributed by atoms with Gasteiger partial charge in [-0.2, -0.15) is 0 Å². The van der Waals surface area contributed by atoms with Crippen LogP contribution in [-0.2, 0) is 11.8 Å². The fraction of sp³-hybridized carbons (Fsp3) is 0.304. The normalized spacial score (nSPS) is 21.7. The van der Waals surface area contributed by atoms with Crippen molar-refractivity contribution in [3.8, 4) is 0 Å². The smallest absolute Gasteiger partial charge is 0.174 e. The van der Waals surface area contributed by atoms with Crippen LogP contribution >= 0.6 is 12.2 Å². The van der Waals surface area contributed by atoms with Crippen LogP contribution in [0.15, 0.2) is 67.1 Å². The zero-order valence-electron chi connectivity index (χ0n) is 16.9. The highest BCUT2D eigenvalue weighted by molar-refractivity contribution is 7.80. The monoisotopic (exact) mass is 419 g/mol. The fourth-order valence-corrected chi connectivity index (χ4v) is 4.66. The van der Waals surface area contributed by atoms with Gasteiger partial charge in [-0.25, -0.2) is 0 Å². The number of pyridine rings is 1. The van der Waals surface area contributed by atoms with Crippen LogP contribution in [0.25, 0.3) is 0 Å². The molecule has 0 saturated carbocycles. The van der Waals surface area contributed by atoms with Gasteiger partial charge in [-0.05, 0) is 60.2 Å². The number of ether oxygens (including phenoxy) is 1. The van der Waals surface area contributed by atoms with Gasteiger partial charge in [0.05, 0.1) is 31.0 Å². The standard InChI is InChI=1S/C23H25N5OS/c1-26-11-9-17(16-26)22-21(20-4-2-3-10-24-20)25-23(30)28(22)19-7-5-18(6-8-19)27-12-14-29-15-13-27/h2-11,16,21-22H,12-15H2,1H3,(H,25,30)/t21-,22-/m1/s1. The lowest BCUT2D eigenvalue weighted by molar-refractivity contribution is 0.122. The molecule has 2 aliphatic heterocycles. The minimum atomic E-state index is -0.0139. The summed E-state index contributed by atoms with van der Waals surface area (Å²) >= 11 is 5.79. The van der Waals surface area contributed by atoms with E-state index in [-0.39, 0.29) is 12.1 Å². The van der Waals surface area contributed by atoms with E-state index in [9.17, 15) is 0 Å². The molecular formula is C23H25N5OS. The van der Waals surface area contributed by atoms with E-state index in [4.69, 9.17) is 17.0 Å². The van der Waals surface area contributed by atoms with E-state index in [1.807, 2.05) is 25.4 Å². The first-order valence-electron chi connectivity index (χ1n) is 10.3. The number of nitrogens with zero attached hydrogens (tertiary/aromatic N) is 4. The number of thiocarbonyl (C=S) groups is 1. The number of morpholine rings is 1. The number of anilines is 2. The van der Waals surface area contributed by atoms with Crippen molar-refractivity contribution in [2.24, 2.45) is 7.05 Å². The molecule has 1 aromatic carbocycles. The summed E-state index contributed by atoms with van der Waals surface area (Å²) in [5, 5.41) is 4.23. The number of aryl methyl sites for hydroxylation is 1. The second kappa shape index (κ2) is 8.08. The van der Waals surface area contributed by atoms with Gasteiger partial charge in [0.1, 0.15) is 0 Å². The molecule has 7 heteroatoms. The lowest BCUT2D eigenvalue weighted by atomic mass is 9.98. The van der Waals surface area contributed by atoms with Gasteiger partial charge in [-0.1, -0.05) is 6.07 Å². The van der Waals surface area contributed by atoms with E-state index in [2.05, 4.69) is 73.5 Å². The minimum absolute atomic E-state index is 0.0139. The van der Waals surface area contributed by atoms with Crippen LogP contribution < -0.4 is 15.1 Å². The van der Waals surface area contributed by atoms with Crippen molar-refractivity contribution in [1.29, 1.82) is 0 Å². The van der Waals surface area contributed by atoms with Gasteiger partial charge in [0.25, 0.3) is 0 Å². The molecule has 0 amide bonds. The number of rotatable bonds is 4. The Morgan fingerprint density at radius 2 is 1.80 bits per heavy atom. The second-order valence-electron chi connectivity index (χ2n) is 7.72. The summed E-state index contributed by atoms with van der Waals surface area (Å²) in [6.45, 7) is 3.42. The lowest BCUT2D eigenvalue weighted by Gasteiger charge is -2.30. The molecule has 2 aromatic heterocycles. The molecule has 2 atom stereocenters. The van der Waals surface area contributed by atoms with E-state index < -0.39 is 0 Å². The molecule has 2 aliphatic rings. The highest BCUT2D eigenvalue weighted by Gasteiger charge is 2.41. The Bertz CT molecular complexity index is 1010. The molecule has 1 N–H and O–H groups in total. The van der Waals surface area contributed by atoms with Gasteiger partial charge in [-0.3, -0.25) is 4.98 Å². The van der Waals surface area contributed by atoms with Crippen molar-refractivity contribution < 1.29 is 4.74 Å². The molecule has 154 valence electrons. The van der Waals surface area contributed by atoms with Crippen molar-refractivity contribution >= 4 is 28.7 Å². The SMILES string of the molecule is Cn1ccc([C@@H]2[C@@H](c3ccccn3)NC(=S)N2c2ccc(N3CCOCC3)cc2)c1. The maximum Gasteiger partial charge on any atom is 0.174 e. The molecule has 0 radical (unpaired) electrons. The summed E-state index contributed by atoms with van der Waals surface area (Å²) in [5.74, 6) is 0. The van der Waals surface area contributed by atoms with Gasteiger partial charge in [-0.15, -0.1) is 0 Å². The third-order valence-corrected chi connectivity index (χ3v) is 6.11. The van der Waals surface area contributed by atoms with Crippen molar-refractivity contribution in [2.75, 3.05) is 36.1 Å². The average Bonchev–Trinajstić information content (AvgIpc) is 3.38. The first kappa shape index (κ1) is 19.1. The number of benzene rings is 1. The highest BCUT2D eigenvalue weighted by Crippen LogP contribution is 2.41. The molecular weight excluding hydrogens is 394 g/mol. The van der Waals surface area contributed by atoms with Crippen LogP contribution in [0.4, 0.5) is 11.4 Å². The average molecular weight is 420 g/mol. The molecule has 30 heavy (non-hydrogen) atoms. The second-order valence-corrected chi connectivity index (χ2v) is 8.11. The molecule has 0 unspecified atom stereocenters. The summed E-state index contributed by atoms with van der Waals surface area (Å²) in [4.78, 5) is 9.18. The Labute approximate surface area is 182 Å². The Kier molecular flexibility index (Phi) is 5.14. The topological polar surface area (TPSA) is 45.6 Å². The maximum atomic E-state index is 5.79. The van der Waals surface area contributed by atoms with E-state index in [0.717, 1.165) is 42.8 Å². The predicted molar refractivity (Wildman–Crippen MR) is 123 cm³/mol. The Hall–Kier alpha value is -2.90. The van der Waals surface area contributed by atoms with Crippen LogP contribution in [0.5, 0.6) is 0 Å². The number of hydrogen-bond acceptors (Lipinski definition) is 4. The third kappa shape index (κ3) is 3.55. The van der Waals surface area contributed by atoms with Gasteiger partial charge >= 0.3 is 0 Å². The van der Waals surface area contributed by atoms with Crippen molar-refractivity contribution in [1.82, 2.24) is 14.9 Å². The highest BCUT2D eigenvalue weighted by atomic mass is 32.1.